The van der Waals surface area contributed by atoms with Crippen molar-refractivity contribution in [1.29, 1.82) is 10.5 Å². The highest BCUT2D eigenvalue weighted by Crippen LogP contribution is 2.38. The van der Waals surface area contributed by atoms with E-state index in [1.54, 1.807) is 0 Å². The standard InChI is InChI=1S/C9H7BN2/c11-5-8-7-1-3-10(4-2-7)9(8)6-12/h1-4,7-9H/t8-,9+/m0/s1. The van der Waals surface area contributed by atoms with E-state index in [0.29, 0.717) is 0 Å². The largest absolute Gasteiger partial charge is 0.212 e. The van der Waals surface area contributed by atoms with E-state index >= 15 is 0 Å². The van der Waals surface area contributed by atoms with Crippen molar-refractivity contribution in [2.45, 2.75) is 5.82 Å². The van der Waals surface area contributed by atoms with E-state index in [1.807, 2.05) is 24.1 Å². The summed E-state index contributed by atoms with van der Waals surface area (Å²) < 4.78 is 0. The zero-order valence-corrected chi connectivity index (χ0v) is 6.51. The maximum absolute atomic E-state index is 8.85. The van der Waals surface area contributed by atoms with E-state index in [2.05, 4.69) is 12.1 Å². The predicted molar refractivity (Wildman–Crippen MR) is 46.0 cm³/mol. The highest BCUT2D eigenvalue weighted by atomic mass is 14.4. The molecule has 0 aromatic carbocycles. The molecule has 3 rings (SSSR count). The van der Waals surface area contributed by atoms with Crippen LogP contribution in [0.5, 0.6) is 0 Å². The summed E-state index contributed by atoms with van der Waals surface area (Å²) in [6, 6.07) is 4.42. The van der Waals surface area contributed by atoms with Gasteiger partial charge in [-0.05, 0) is 0 Å². The summed E-state index contributed by atoms with van der Waals surface area (Å²) in [5, 5.41) is 17.7. The third-order valence-corrected chi connectivity index (χ3v) is 2.63. The summed E-state index contributed by atoms with van der Waals surface area (Å²) in [5.41, 5.74) is 0. The molecule has 0 aromatic heterocycles. The zero-order valence-electron chi connectivity index (χ0n) is 6.51. The minimum Gasteiger partial charge on any atom is -0.199 e. The fraction of sp³-hybridized carbons (Fsp3) is 0.333. The van der Waals surface area contributed by atoms with E-state index in [1.165, 1.54) is 0 Å². The highest BCUT2D eigenvalue weighted by molar-refractivity contribution is 6.72. The Morgan fingerprint density at radius 1 is 1.08 bits per heavy atom. The Bertz CT molecular complexity index is 285. The van der Waals surface area contributed by atoms with E-state index in [9.17, 15) is 0 Å². The molecular weight excluding hydrogens is 147 g/mol. The Hall–Kier alpha value is -1.48. The lowest BCUT2D eigenvalue weighted by molar-refractivity contribution is 0.560. The van der Waals surface area contributed by atoms with Gasteiger partial charge >= 0.3 is 0 Å². The smallest absolute Gasteiger partial charge is 0.199 e. The lowest BCUT2D eigenvalue weighted by atomic mass is 9.33. The molecule has 3 heteroatoms. The Balaban J connectivity index is 2.39. The average molecular weight is 154 g/mol. The molecule has 0 saturated carbocycles. The zero-order chi connectivity index (χ0) is 8.55. The first-order valence-electron chi connectivity index (χ1n) is 4.02. The summed E-state index contributed by atoms with van der Waals surface area (Å²) in [6.45, 7) is 0.171. The third kappa shape index (κ3) is 0.803. The molecule has 2 nitrogen and oxygen atoms in total. The van der Waals surface area contributed by atoms with Crippen molar-refractivity contribution in [2.75, 3.05) is 0 Å². The van der Waals surface area contributed by atoms with Crippen LogP contribution >= 0.6 is 0 Å². The van der Waals surface area contributed by atoms with Gasteiger partial charge in [0.1, 0.15) is 0 Å². The molecule has 0 N–H and O–H groups in total. The molecule has 12 heavy (non-hydrogen) atoms. The van der Waals surface area contributed by atoms with Gasteiger partial charge in [0.05, 0.1) is 18.1 Å². The molecule has 0 amide bonds. The van der Waals surface area contributed by atoms with Crippen LogP contribution in [0.2, 0.25) is 5.82 Å². The van der Waals surface area contributed by atoms with Crippen LogP contribution in [0, 0.1) is 34.5 Å². The summed E-state index contributed by atoms with van der Waals surface area (Å²) in [4.78, 5) is 0. The molecule has 2 atom stereocenters. The van der Waals surface area contributed by atoms with Gasteiger partial charge in [0.2, 0.25) is 6.71 Å². The molecule has 0 unspecified atom stereocenters. The predicted octanol–water partition coefficient (Wildman–Crippen LogP) is 1.35. The summed E-state index contributed by atoms with van der Waals surface area (Å²) in [5.74, 6) is 3.98. The van der Waals surface area contributed by atoms with Gasteiger partial charge in [-0.25, -0.2) is 0 Å². The van der Waals surface area contributed by atoms with Gasteiger partial charge in [0.15, 0.2) is 0 Å². The Morgan fingerprint density at radius 2 is 1.75 bits per heavy atom. The van der Waals surface area contributed by atoms with Gasteiger partial charge < -0.3 is 0 Å². The van der Waals surface area contributed by atoms with Crippen LogP contribution < -0.4 is 0 Å². The lowest BCUT2D eigenvalue weighted by Crippen LogP contribution is -2.34. The second kappa shape index (κ2) is 2.53. The van der Waals surface area contributed by atoms with Crippen molar-refractivity contribution in [1.82, 2.24) is 0 Å². The van der Waals surface area contributed by atoms with Crippen molar-refractivity contribution >= 4 is 6.71 Å². The van der Waals surface area contributed by atoms with Gasteiger partial charge in [0.25, 0.3) is 0 Å². The fourth-order valence-electron chi connectivity index (χ4n) is 1.93. The number of fused-ring (bicyclic) bond motifs is 1. The van der Waals surface area contributed by atoms with E-state index in [4.69, 9.17) is 10.5 Å². The van der Waals surface area contributed by atoms with Gasteiger partial charge in [-0.1, -0.05) is 12.2 Å². The van der Waals surface area contributed by atoms with Crippen molar-refractivity contribution in [2.24, 2.45) is 11.8 Å². The Labute approximate surface area is 71.9 Å². The molecule has 3 aliphatic rings. The second-order valence-electron chi connectivity index (χ2n) is 3.23. The molecular formula is C9H7BN2. The van der Waals surface area contributed by atoms with Crippen LogP contribution in [0.3, 0.4) is 0 Å². The highest BCUT2D eigenvalue weighted by Gasteiger charge is 2.39. The number of nitrogens with zero attached hydrogens (tertiary/aromatic N) is 2. The molecule has 0 aromatic rings. The Kier molecular flexibility index (Phi) is 1.52. The number of hydrogen-bond donors (Lipinski definition) is 0. The van der Waals surface area contributed by atoms with Gasteiger partial charge in [-0.15, -0.1) is 12.0 Å². The fourth-order valence-corrected chi connectivity index (χ4v) is 1.93. The number of rotatable bonds is 0. The van der Waals surface area contributed by atoms with Crippen molar-refractivity contribution in [3.8, 4) is 12.1 Å². The summed E-state index contributed by atoms with van der Waals surface area (Å²) >= 11 is 0. The minimum absolute atomic E-state index is 0.130. The van der Waals surface area contributed by atoms with Gasteiger partial charge in [-0.2, -0.15) is 10.5 Å². The summed E-state index contributed by atoms with van der Waals surface area (Å²) in [7, 11) is 0. The van der Waals surface area contributed by atoms with E-state index < -0.39 is 0 Å². The summed E-state index contributed by atoms with van der Waals surface area (Å²) in [6.07, 6.45) is 4.07. The first kappa shape index (κ1) is 7.19. The monoisotopic (exact) mass is 154 g/mol. The van der Waals surface area contributed by atoms with Crippen molar-refractivity contribution in [3.05, 3.63) is 24.1 Å². The topological polar surface area (TPSA) is 47.6 Å². The van der Waals surface area contributed by atoms with Gasteiger partial charge in [-0.3, -0.25) is 0 Å². The van der Waals surface area contributed by atoms with Crippen molar-refractivity contribution < 1.29 is 0 Å². The molecule has 0 aliphatic carbocycles. The molecule has 56 valence electrons. The molecule has 2 bridgehead atoms. The van der Waals surface area contributed by atoms with Crippen LogP contribution in [0.1, 0.15) is 0 Å². The number of nitriles is 2. The number of hydrogen-bond acceptors (Lipinski definition) is 2. The van der Waals surface area contributed by atoms with Crippen LogP contribution in [-0.2, 0) is 0 Å². The number of allylic oxidation sites excluding steroid dienone is 2. The van der Waals surface area contributed by atoms with Crippen LogP contribution in [-0.4, -0.2) is 6.71 Å². The van der Waals surface area contributed by atoms with E-state index in [0.717, 1.165) is 0 Å². The molecule has 0 fully saturated rings. The maximum atomic E-state index is 8.85. The van der Waals surface area contributed by atoms with E-state index in [-0.39, 0.29) is 24.4 Å². The third-order valence-electron chi connectivity index (χ3n) is 2.63. The van der Waals surface area contributed by atoms with Crippen LogP contribution in [0.15, 0.2) is 24.1 Å². The van der Waals surface area contributed by atoms with Crippen molar-refractivity contribution in [3.63, 3.8) is 0 Å². The Morgan fingerprint density at radius 3 is 2.17 bits per heavy atom. The molecule has 3 aliphatic heterocycles. The minimum atomic E-state index is -0.130. The lowest BCUT2D eigenvalue weighted by Gasteiger charge is -2.31. The quantitative estimate of drug-likeness (QED) is 0.494. The molecule has 0 spiro atoms. The first-order chi connectivity index (χ1) is 5.86. The van der Waals surface area contributed by atoms with Crippen LogP contribution in [0.4, 0.5) is 0 Å². The molecule has 3 heterocycles. The maximum Gasteiger partial charge on any atom is 0.212 e. The van der Waals surface area contributed by atoms with Gasteiger partial charge in [0, 0.05) is 11.7 Å². The molecule has 0 saturated heterocycles. The average Bonchev–Trinajstić information content (AvgIpc) is 2.18. The first-order valence-corrected chi connectivity index (χ1v) is 4.02. The second-order valence-corrected chi connectivity index (χ2v) is 3.23. The van der Waals surface area contributed by atoms with Crippen LogP contribution in [0.25, 0.3) is 0 Å². The molecule has 0 radical (unpaired) electrons. The normalized spacial score (nSPS) is 36.2. The SMILES string of the molecule is N#C[C@H]1B2C=CC(C=C2)[C@@H]1C#N.